The van der Waals surface area contributed by atoms with E-state index in [9.17, 15) is 14.0 Å². The molecule has 0 aliphatic heterocycles. The predicted octanol–water partition coefficient (Wildman–Crippen LogP) is 1.82. The maximum absolute atomic E-state index is 12.9. The number of benzene rings is 1. The molecule has 2 aromatic heterocycles. The molecule has 3 rings (SSSR count). The molecule has 0 unspecified atom stereocenters. The molecule has 2 amide bonds. The second-order valence-electron chi connectivity index (χ2n) is 4.91. The number of hydrazine groups is 1. The normalized spacial score (nSPS) is 10.3. The van der Waals surface area contributed by atoms with Crippen LogP contribution in [0.1, 0.15) is 10.4 Å². The molecule has 26 heavy (non-hydrogen) atoms. The minimum atomic E-state index is -0.479. The van der Waals surface area contributed by atoms with Crippen molar-refractivity contribution >= 4 is 23.6 Å². The van der Waals surface area contributed by atoms with Crippen LogP contribution in [0.5, 0.6) is 0 Å². The standard InChI is InChI=1S/C16H12FN5O3S/c17-12-5-3-10(4-6-12)15-21-22-16(25-15)26-9-13(23)19-20-14(24)11-2-1-7-18-8-11/h1-8H,9H2,(H,19,23)(H,20,24). The van der Waals surface area contributed by atoms with Gasteiger partial charge in [0.2, 0.25) is 11.8 Å². The summed E-state index contributed by atoms with van der Waals surface area (Å²) in [5.41, 5.74) is 5.44. The number of hydrogen-bond acceptors (Lipinski definition) is 7. The Morgan fingerprint density at radius 3 is 2.65 bits per heavy atom. The molecule has 0 radical (unpaired) electrons. The molecule has 1 aromatic carbocycles. The third-order valence-electron chi connectivity index (χ3n) is 3.06. The van der Waals surface area contributed by atoms with Gasteiger partial charge in [-0.3, -0.25) is 25.4 Å². The van der Waals surface area contributed by atoms with Crippen molar-refractivity contribution in [1.82, 2.24) is 26.0 Å². The molecule has 3 aromatic rings. The van der Waals surface area contributed by atoms with Crippen LogP contribution in [-0.2, 0) is 4.79 Å². The second kappa shape index (κ2) is 8.21. The van der Waals surface area contributed by atoms with Gasteiger partial charge in [-0.25, -0.2) is 4.39 Å². The third kappa shape index (κ3) is 4.63. The van der Waals surface area contributed by atoms with E-state index in [-0.39, 0.29) is 22.7 Å². The summed E-state index contributed by atoms with van der Waals surface area (Å²) in [7, 11) is 0. The molecule has 0 aliphatic rings. The molecular formula is C16H12FN5O3S. The van der Waals surface area contributed by atoms with Crippen LogP contribution in [0.2, 0.25) is 0 Å². The van der Waals surface area contributed by atoms with Gasteiger partial charge < -0.3 is 4.42 Å². The maximum Gasteiger partial charge on any atom is 0.277 e. The largest absolute Gasteiger partial charge is 0.411 e. The Hall–Kier alpha value is -3.27. The van der Waals surface area contributed by atoms with E-state index in [0.29, 0.717) is 11.1 Å². The number of pyridine rings is 1. The second-order valence-corrected chi connectivity index (χ2v) is 5.84. The lowest BCUT2D eigenvalue weighted by Gasteiger charge is -2.05. The van der Waals surface area contributed by atoms with Gasteiger partial charge in [-0.1, -0.05) is 11.8 Å². The van der Waals surface area contributed by atoms with Crippen LogP contribution in [-0.4, -0.2) is 32.7 Å². The summed E-state index contributed by atoms with van der Waals surface area (Å²) in [6, 6.07) is 8.77. The monoisotopic (exact) mass is 373 g/mol. The van der Waals surface area contributed by atoms with Crippen molar-refractivity contribution in [3.05, 3.63) is 60.2 Å². The number of amides is 2. The van der Waals surface area contributed by atoms with Crippen LogP contribution >= 0.6 is 11.8 Å². The van der Waals surface area contributed by atoms with E-state index in [1.54, 1.807) is 12.1 Å². The minimum Gasteiger partial charge on any atom is -0.411 e. The molecule has 132 valence electrons. The zero-order valence-electron chi connectivity index (χ0n) is 13.2. The van der Waals surface area contributed by atoms with E-state index in [0.717, 1.165) is 11.8 Å². The Morgan fingerprint density at radius 1 is 1.12 bits per heavy atom. The van der Waals surface area contributed by atoms with Crippen molar-refractivity contribution in [2.45, 2.75) is 5.22 Å². The molecule has 0 aliphatic carbocycles. The van der Waals surface area contributed by atoms with E-state index < -0.39 is 11.8 Å². The van der Waals surface area contributed by atoms with Gasteiger partial charge in [-0.15, -0.1) is 10.2 Å². The Kier molecular flexibility index (Phi) is 5.54. The lowest BCUT2D eigenvalue weighted by Crippen LogP contribution is -2.42. The highest BCUT2D eigenvalue weighted by molar-refractivity contribution is 7.99. The zero-order chi connectivity index (χ0) is 18.4. The van der Waals surface area contributed by atoms with Crippen molar-refractivity contribution in [2.75, 3.05) is 5.75 Å². The molecule has 0 bridgehead atoms. The van der Waals surface area contributed by atoms with Gasteiger partial charge in [-0.2, -0.15) is 0 Å². The van der Waals surface area contributed by atoms with Crippen molar-refractivity contribution in [3.63, 3.8) is 0 Å². The molecule has 2 N–H and O–H groups in total. The summed E-state index contributed by atoms with van der Waals surface area (Å²) in [6.07, 6.45) is 2.92. The number of hydrogen-bond donors (Lipinski definition) is 2. The minimum absolute atomic E-state index is 0.0433. The lowest BCUT2D eigenvalue weighted by molar-refractivity contribution is -0.119. The Labute approximate surface area is 151 Å². The fourth-order valence-electron chi connectivity index (χ4n) is 1.84. The fraction of sp³-hybridized carbons (Fsp3) is 0.0625. The van der Waals surface area contributed by atoms with Crippen molar-refractivity contribution in [1.29, 1.82) is 0 Å². The Morgan fingerprint density at radius 2 is 1.92 bits per heavy atom. The van der Waals surface area contributed by atoms with Crippen molar-refractivity contribution in [2.24, 2.45) is 0 Å². The third-order valence-corrected chi connectivity index (χ3v) is 3.88. The van der Waals surface area contributed by atoms with Gasteiger partial charge >= 0.3 is 0 Å². The topological polar surface area (TPSA) is 110 Å². The number of thioether (sulfide) groups is 1. The molecule has 0 saturated heterocycles. The van der Waals surface area contributed by atoms with E-state index in [1.165, 1.54) is 36.7 Å². The Bertz CT molecular complexity index is 902. The summed E-state index contributed by atoms with van der Waals surface area (Å²) < 4.78 is 18.3. The van der Waals surface area contributed by atoms with Crippen LogP contribution < -0.4 is 10.9 Å². The molecule has 0 spiro atoms. The van der Waals surface area contributed by atoms with Gasteiger partial charge in [0.15, 0.2) is 0 Å². The number of carbonyl (C=O) groups excluding carboxylic acids is 2. The smallest absolute Gasteiger partial charge is 0.277 e. The summed E-state index contributed by atoms with van der Waals surface area (Å²) in [5.74, 6) is -1.12. The number of rotatable bonds is 5. The maximum atomic E-state index is 12.9. The first-order valence-electron chi connectivity index (χ1n) is 7.33. The highest BCUT2D eigenvalue weighted by atomic mass is 32.2. The first-order chi connectivity index (χ1) is 12.6. The fourth-order valence-corrected chi connectivity index (χ4v) is 2.40. The van der Waals surface area contributed by atoms with Crippen LogP contribution in [0.15, 0.2) is 58.4 Å². The quantitative estimate of drug-likeness (QED) is 0.518. The van der Waals surface area contributed by atoms with Gasteiger partial charge in [0.05, 0.1) is 11.3 Å². The average Bonchev–Trinajstić information content (AvgIpc) is 3.14. The number of halogens is 1. The summed E-state index contributed by atoms with van der Waals surface area (Å²) >= 11 is 1.00. The highest BCUT2D eigenvalue weighted by Crippen LogP contribution is 2.23. The van der Waals surface area contributed by atoms with E-state index in [1.807, 2.05) is 0 Å². The summed E-state index contributed by atoms with van der Waals surface area (Å²) in [5, 5.41) is 7.83. The van der Waals surface area contributed by atoms with Crippen molar-refractivity contribution < 1.29 is 18.4 Å². The first kappa shape index (κ1) is 17.5. The first-order valence-corrected chi connectivity index (χ1v) is 8.32. The van der Waals surface area contributed by atoms with Gasteiger partial charge in [0.25, 0.3) is 11.1 Å². The number of nitrogens with zero attached hydrogens (tertiary/aromatic N) is 3. The predicted molar refractivity (Wildman–Crippen MR) is 90.3 cm³/mol. The number of nitrogens with one attached hydrogen (secondary N) is 2. The van der Waals surface area contributed by atoms with Crippen LogP contribution in [0.4, 0.5) is 4.39 Å². The molecule has 0 saturated carbocycles. The number of aromatic nitrogens is 3. The van der Waals surface area contributed by atoms with Crippen LogP contribution in [0.3, 0.4) is 0 Å². The zero-order valence-corrected chi connectivity index (χ0v) is 14.0. The van der Waals surface area contributed by atoms with Crippen LogP contribution in [0, 0.1) is 5.82 Å². The Balaban J connectivity index is 1.47. The molecule has 8 nitrogen and oxygen atoms in total. The van der Waals surface area contributed by atoms with Crippen molar-refractivity contribution in [3.8, 4) is 11.5 Å². The SMILES string of the molecule is O=C(CSc1nnc(-c2ccc(F)cc2)o1)NNC(=O)c1cccnc1. The van der Waals surface area contributed by atoms with E-state index in [4.69, 9.17) is 4.42 Å². The number of carbonyl (C=O) groups is 2. The molecular weight excluding hydrogens is 361 g/mol. The molecule has 2 heterocycles. The highest BCUT2D eigenvalue weighted by Gasteiger charge is 2.12. The van der Waals surface area contributed by atoms with E-state index in [2.05, 4.69) is 26.0 Å². The van der Waals surface area contributed by atoms with Gasteiger partial charge in [0.1, 0.15) is 5.82 Å². The molecule has 10 heteroatoms. The molecule has 0 atom stereocenters. The van der Waals surface area contributed by atoms with E-state index >= 15 is 0 Å². The lowest BCUT2D eigenvalue weighted by atomic mass is 10.2. The van der Waals surface area contributed by atoms with Gasteiger partial charge in [0, 0.05) is 18.0 Å². The van der Waals surface area contributed by atoms with Crippen LogP contribution in [0.25, 0.3) is 11.5 Å². The van der Waals surface area contributed by atoms with Gasteiger partial charge in [-0.05, 0) is 36.4 Å². The summed E-state index contributed by atoms with van der Waals surface area (Å²) in [6.45, 7) is 0. The summed E-state index contributed by atoms with van der Waals surface area (Å²) in [4.78, 5) is 27.4. The average molecular weight is 373 g/mol. The molecule has 0 fully saturated rings.